The molecule has 0 radical (unpaired) electrons. The number of nitrogens with two attached hydrogens (primary N) is 3. The number of ether oxygens (including phenoxy) is 2. The van der Waals surface area contributed by atoms with Crippen LogP contribution in [-0.2, 0) is 62.8 Å². The van der Waals surface area contributed by atoms with E-state index in [0.717, 1.165) is 61.9 Å². The number of aromatic nitrogens is 9. The van der Waals surface area contributed by atoms with Gasteiger partial charge in [0.05, 0.1) is 25.9 Å². The van der Waals surface area contributed by atoms with E-state index in [4.69, 9.17) is 96.3 Å². The number of hydrogen-bond donors (Lipinski definition) is 3. The van der Waals surface area contributed by atoms with Crippen LogP contribution in [0.15, 0.2) is 91.4 Å². The summed E-state index contributed by atoms with van der Waals surface area (Å²) in [6.07, 6.45) is 12.4. The van der Waals surface area contributed by atoms with E-state index in [1.165, 1.54) is 32.8 Å². The lowest BCUT2D eigenvalue weighted by Gasteiger charge is -2.20. The summed E-state index contributed by atoms with van der Waals surface area (Å²) in [5.41, 5.74) is 27.4. The normalized spacial score (nSPS) is 15.5. The maximum absolute atomic E-state index is 12.8. The molecule has 23 heteroatoms. The van der Waals surface area contributed by atoms with Crippen molar-refractivity contribution in [2.75, 3.05) is 27.4 Å². The highest BCUT2D eigenvalue weighted by Gasteiger charge is 2.40. The molecule has 2 aliphatic rings. The molecule has 6 aromatic heterocycles. The van der Waals surface area contributed by atoms with Gasteiger partial charge in [0.25, 0.3) is 0 Å². The topological polar surface area (TPSA) is 238 Å². The third-order valence-corrected chi connectivity index (χ3v) is 16.4. The number of pyridine rings is 3. The molecule has 3 aromatic carbocycles. The van der Waals surface area contributed by atoms with Crippen LogP contribution in [-0.4, -0.2) is 88.6 Å². The van der Waals surface area contributed by atoms with Gasteiger partial charge in [-0.1, -0.05) is 94.2 Å². The minimum atomic E-state index is -0.0780. The number of nitrogens with zero attached hydrogens (tertiary/aromatic N) is 9. The Labute approximate surface area is 497 Å². The van der Waals surface area contributed by atoms with Gasteiger partial charge in [-0.25, -0.2) is 0 Å². The van der Waals surface area contributed by atoms with Gasteiger partial charge in [0.15, 0.2) is 22.7 Å². The number of carbonyl (C=O) groups excluding carboxylic acids is 3. The number of benzene rings is 3. The summed E-state index contributed by atoms with van der Waals surface area (Å²) < 4.78 is 15.3. The van der Waals surface area contributed by atoms with Crippen molar-refractivity contribution in [1.82, 2.24) is 43.8 Å². The summed E-state index contributed by atoms with van der Waals surface area (Å²) in [7, 11) is 3.05. The summed E-state index contributed by atoms with van der Waals surface area (Å²) in [5, 5.41) is 28.4. The fraction of sp³-hybridized carbons (Fsp3) is 0.328. The van der Waals surface area contributed by atoms with Gasteiger partial charge in [-0.2, -0.15) is 0 Å². The molecule has 2 aliphatic carbocycles. The number of rotatable bonds is 19. The smallest absolute Gasteiger partial charge is 0.166 e. The molecule has 0 spiro atoms. The molecule has 2 bridgehead atoms. The highest BCUT2D eigenvalue weighted by atomic mass is 35.5. The van der Waals surface area contributed by atoms with Crippen LogP contribution in [0.2, 0.25) is 30.1 Å². The molecule has 81 heavy (non-hydrogen) atoms. The van der Waals surface area contributed by atoms with Gasteiger partial charge in [-0.05, 0) is 108 Å². The highest BCUT2D eigenvalue weighted by Crippen LogP contribution is 2.49. The van der Waals surface area contributed by atoms with Crippen molar-refractivity contribution < 1.29 is 23.9 Å². The molecule has 6 heterocycles. The standard InChI is InChI=1S/C23H24Cl2N4O.C18H18Cl2N4O2.C17H16Cl2N4O2/c24-17-3-4-19(21(25)9-17)20-12-29-22(8-16(20)11-26)27-28-23(29)10-18(30)7-15-6-13-1-2-14(15)5-13;1-26-5-4-13(25)8-18-23-22-17-6-11(9-21)15(10-24(17)18)14-3-2-12(19)7-16(14)20;1-25-9-12(24)6-17-22-21-16-4-10(7-20)14(8-23(16)17)13-3-2-11(18)5-15(13)19/h3-4,8-9,12-15H,1-2,5-7,10-11,26H2;2-3,6-7,10H,4-5,8-9,21H2,1H3;2-5,8H,6-7,9,20H2,1H3/t13-,14+,15?;;/m1../s1. The molecule has 0 aliphatic heterocycles. The number of halogens is 6. The highest BCUT2D eigenvalue weighted by molar-refractivity contribution is 6.37. The van der Waals surface area contributed by atoms with Gasteiger partial charge < -0.3 is 26.7 Å². The molecule has 3 atom stereocenters. The number of methoxy groups -OCH3 is 2. The van der Waals surface area contributed by atoms with Crippen LogP contribution in [0.1, 0.15) is 72.7 Å². The van der Waals surface area contributed by atoms with Gasteiger partial charge in [0.1, 0.15) is 35.6 Å². The van der Waals surface area contributed by atoms with Gasteiger partial charge in [-0.15, -0.1) is 30.6 Å². The van der Waals surface area contributed by atoms with Crippen LogP contribution in [0, 0.1) is 17.8 Å². The largest absolute Gasteiger partial charge is 0.384 e. The van der Waals surface area contributed by atoms with E-state index >= 15 is 0 Å². The molecule has 6 N–H and O–H groups in total. The van der Waals surface area contributed by atoms with Gasteiger partial charge in [0.2, 0.25) is 0 Å². The van der Waals surface area contributed by atoms with Gasteiger partial charge in [0, 0.05) is 129 Å². The second-order valence-corrected chi connectivity index (χ2v) is 22.6. The number of carbonyl (C=O) groups is 3. The number of ketones is 3. The summed E-state index contributed by atoms with van der Waals surface area (Å²) in [4.78, 5) is 36.7. The number of hydrogen-bond acceptors (Lipinski definition) is 14. The first-order valence-corrected chi connectivity index (χ1v) is 28.4. The lowest BCUT2D eigenvalue weighted by molar-refractivity contribution is -0.122. The van der Waals surface area contributed by atoms with Crippen molar-refractivity contribution in [3.63, 3.8) is 0 Å². The minimum absolute atomic E-state index is 0.0334. The molecule has 0 saturated heterocycles. The molecule has 0 amide bonds. The Morgan fingerprint density at radius 1 is 0.506 bits per heavy atom. The molecular formula is C58H58Cl6N12O5. The maximum Gasteiger partial charge on any atom is 0.166 e. The zero-order valence-electron chi connectivity index (χ0n) is 44.4. The number of fused-ring (bicyclic) bond motifs is 5. The monoisotopic (exact) mass is 1210 g/mol. The van der Waals surface area contributed by atoms with Crippen molar-refractivity contribution in [1.29, 1.82) is 0 Å². The molecule has 2 fully saturated rings. The van der Waals surface area contributed by atoms with Crippen molar-refractivity contribution in [3.05, 3.63) is 156 Å². The third kappa shape index (κ3) is 13.9. The molecule has 9 aromatic rings. The Balaban J connectivity index is 0.000000148. The van der Waals surface area contributed by atoms with Crippen molar-refractivity contribution >= 4 is 104 Å². The Morgan fingerprint density at radius 3 is 1.26 bits per heavy atom. The first-order chi connectivity index (χ1) is 39.1. The predicted octanol–water partition coefficient (Wildman–Crippen LogP) is 11.3. The van der Waals surface area contributed by atoms with Crippen molar-refractivity contribution in [2.45, 2.75) is 77.4 Å². The maximum atomic E-state index is 12.8. The summed E-state index contributed by atoms with van der Waals surface area (Å²) >= 11 is 37.2. The number of Topliss-reactive ketones (excluding diaryl/α,β-unsaturated/α-hetero) is 3. The Hall–Kier alpha value is -5.93. The van der Waals surface area contributed by atoms with Crippen LogP contribution < -0.4 is 17.2 Å². The Morgan fingerprint density at radius 2 is 0.914 bits per heavy atom. The predicted molar refractivity (Wildman–Crippen MR) is 317 cm³/mol. The lowest BCUT2D eigenvalue weighted by Crippen LogP contribution is -2.17. The van der Waals surface area contributed by atoms with Crippen LogP contribution in [0.4, 0.5) is 0 Å². The zero-order chi connectivity index (χ0) is 57.5. The summed E-state index contributed by atoms with van der Waals surface area (Å²) in [6.45, 7) is 1.40. The fourth-order valence-corrected chi connectivity index (χ4v) is 12.4. The van der Waals surface area contributed by atoms with Crippen molar-refractivity contribution in [3.8, 4) is 33.4 Å². The average molecular weight is 1220 g/mol. The minimum Gasteiger partial charge on any atom is -0.384 e. The van der Waals surface area contributed by atoms with E-state index in [9.17, 15) is 14.4 Å². The van der Waals surface area contributed by atoms with E-state index in [1.807, 2.05) is 59.4 Å². The van der Waals surface area contributed by atoms with Crippen molar-refractivity contribution in [2.24, 2.45) is 35.0 Å². The average Bonchev–Trinajstić information content (AvgIpc) is 4.32. The Kier molecular flexibility index (Phi) is 19.9. The summed E-state index contributed by atoms with van der Waals surface area (Å²) in [5.74, 6) is 4.12. The van der Waals surface area contributed by atoms with E-state index in [-0.39, 0.29) is 36.8 Å². The second-order valence-electron chi connectivity index (χ2n) is 20.1. The van der Waals surface area contributed by atoms with Crippen LogP contribution in [0.3, 0.4) is 0 Å². The van der Waals surface area contributed by atoms with E-state index in [2.05, 4.69) is 30.6 Å². The summed E-state index contributed by atoms with van der Waals surface area (Å²) in [6, 6.07) is 21.6. The van der Waals surface area contributed by atoms with E-state index < -0.39 is 0 Å². The van der Waals surface area contributed by atoms with Crippen LogP contribution in [0.25, 0.3) is 50.3 Å². The second kappa shape index (κ2) is 27.0. The van der Waals surface area contributed by atoms with Gasteiger partial charge >= 0.3 is 0 Å². The van der Waals surface area contributed by atoms with Gasteiger partial charge in [-0.3, -0.25) is 27.6 Å². The Bertz CT molecular complexity index is 3790. The lowest BCUT2D eigenvalue weighted by atomic mass is 9.85. The molecule has 11 rings (SSSR count). The third-order valence-electron chi connectivity index (χ3n) is 14.8. The molecule has 1 unspecified atom stereocenters. The zero-order valence-corrected chi connectivity index (χ0v) is 48.9. The molecule has 2 saturated carbocycles. The van der Waals surface area contributed by atoms with E-state index in [1.54, 1.807) is 52.3 Å². The van der Waals surface area contributed by atoms with E-state index in [0.29, 0.717) is 116 Å². The molecule has 422 valence electrons. The first-order valence-electron chi connectivity index (χ1n) is 26.2. The SMILES string of the molecule is COCC(=O)Cc1nnc2cc(CN)c(-c3ccc(Cl)cc3Cl)cn12.COCCC(=O)Cc1nnc2cc(CN)c(-c3ccc(Cl)cc3Cl)cn12.NCc1cc2nnc(CC(=O)CC3C[C@@H]4CC[C@H]3C4)n2cc1-c1ccc(Cl)cc1Cl. The molecule has 17 nitrogen and oxygen atoms in total. The van der Waals surface area contributed by atoms with Crippen LogP contribution >= 0.6 is 69.6 Å². The fourth-order valence-electron chi connectivity index (χ4n) is 10.8. The quantitative estimate of drug-likeness (QED) is 0.0683. The first kappa shape index (κ1) is 59.7. The molecular weight excluding hydrogens is 1160 g/mol. The van der Waals surface area contributed by atoms with Crippen LogP contribution in [0.5, 0.6) is 0 Å².